The Bertz CT molecular complexity index is 1000. The molecule has 1 radical (unpaired) electrons. The number of nitrogens with one attached hydrogen (secondary N) is 1. The Morgan fingerprint density at radius 3 is 2.64 bits per heavy atom. The Kier molecular flexibility index (Phi) is 6.87. The molecule has 0 amide bonds. The Balaban J connectivity index is 1.51. The zero-order valence-corrected chi connectivity index (χ0v) is 16.2. The number of unbranched alkanes of at least 4 members (excludes halogenated alkanes) is 1. The summed E-state index contributed by atoms with van der Waals surface area (Å²) in [5, 5.41) is 0. The molecule has 5 heteroatoms. The third-order valence-corrected chi connectivity index (χ3v) is 5.36. The van der Waals surface area contributed by atoms with Gasteiger partial charge in [-0.25, -0.2) is 8.42 Å². The van der Waals surface area contributed by atoms with Crippen LogP contribution in [0.25, 0.3) is 6.08 Å². The van der Waals surface area contributed by atoms with Gasteiger partial charge in [0.25, 0.3) is 10.0 Å². The molecule has 4 nitrogen and oxygen atoms in total. The second kappa shape index (κ2) is 9.76. The average Bonchev–Trinajstić information content (AvgIpc) is 2.72. The molecule has 0 aromatic heterocycles. The van der Waals surface area contributed by atoms with Gasteiger partial charge in [-0.2, -0.15) is 0 Å². The molecule has 0 aliphatic heterocycles. The van der Waals surface area contributed by atoms with Crippen molar-refractivity contribution in [1.29, 1.82) is 0 Å². The maximum absolute atomic E-state index is 12.4. The second-order valence-corrected chi connectivity index (χ2v) is 7.86. The van der Waals surface area contributed by atoms with Crippen LogP contribution >= 0.6 is 0 Å². The van der Waals surface area contributed by atoms with E-state index in [0.29, 0.717) is 12.3 Å². The van der Waals surface area contributed by atoms with Crippen molar-refractivity contribution in [2.75, 3.05) is 11.3 Å². The van der Waals surface area contributed by atoms with Gasteiger partial charge >= 0.3 is 0 Å². The highest BCUT2D eigenvalue weighted by Gasteiger charge is 2.13. The number of sulfonamides is 1. The van der Waals surface area contributed by atoms with E-state index in [1.807, 2.05) is 48.5 Å². The first-order valence-corrected chi connectivity index (χ1v) is 10.6. The first kappa shape index (κ1) is 19.7. The average molecular weight is 393 g/mol. The van der Waals surface area contributed by atoms with Gasteiger partial charge in [-0.05, 0) is 60.9 Å². The molecule has 143 valence electrons. The van der Waals surface area contributed by atoms with E-state index >= 15 is 0 Å². The van der Waals surface area contributed by atoms with Crippen molar-refractivity contribution in [1.82, 2.24) is 0 Å². The molecule has 0 saturated carbocycles. The summed E-state index contributed by atoms with van der Waals surface area (Å²) in [5.74, 6) is 0.824. The summed E-state index contributed by atoms with van der Waals surface area (Å²) in [6, 6.07) is 26.1. The number of allylic oxidation sites excluding steroid dienone is 1. The molecule has 0 atom stereocenters. The maximum atomic E-state index is 12.4. The van der Waals surface area contributed by atoms with Crippen molar-refractivity contribution in [3.05, 3.63) is 96.6 Å². The first-order chi connectivity index (χ1) is 13.6. The Morgan fingerprint density at radius 2 is 1.86 bits per heavy atom. The molecule has 0 fully saturated rings. The van der Waals surface area contributed by atoms with Crippen LogP contribution in [0.15, 0.2) is 89.8 Å². The van der Waals surface area contributed by atoms with Crippen molar-refractivity contribution >= 4 is 21.8 Å². The molecular weight excluding hydrogens is 370 g/mol. The van der Waals surface area contributed by atoms with Gasteiger partial charge in [0.15, 0.2) is 0 Å². The molecule has 0 saturated heterocycles. The van der Waals surface area contributed by atoms with Crippen LogP contribution in [0.5, 0.6) is 5.75 Å². The molecule has 3 aromatic carbocycles. The van der Waals surface area contributed by atoms with Gasteiger partial charge in [0.05, 0.1) is 11.5 Å². The summed E-state index contributed by atoms with van der Waals surface area (Å²) in [7, 11) is -3.58. The van der Waals surface area contributed by atoms with E-state index < -0.39 is 10.0 Å². The van der Waals surface area contributed by atoms with Crippen LogP contribution in [0.4, 0.5) is 5.69 Å². The minimum atomic E-state index is -3.58. The lowest BCUT2D eigenvalue weighted by Crippen LogP contribution is -2.12. The number of hydrogen-bond donors (Lipinski definition) is 1. The lowest BCUT2D eigenvalue weighted by Gasteiger charge is -2.08. The largest absolute Gasteiger partial charge is 0.494 e. The van der Waals surface area contributed by atoms with Gasteiger partial charge in [0.2, 0.25) is 0 Å². The van der Waals surface area contributed by atoms with E-state index in [9.17, 15) is 8.42 Å². The third kappa shape index (κ3) is 5.99. The van der Waals surface area contributed by atoms with E-state index in [-0.39, 0.29) is 4.90 Å². The molecule has 0 aliphatic rings. The molecular formula is C23H22NO3S. The van der Waals surface area contributed by atoms with E-state index in [0.717, 1.165) is 24.2 Å². The van der Waals surface area contributed by atoms with Crippen molar-refractivity contribution < 1.29 is 13.2 Å². The van der Waals surface area contributed by atoms with Crippen LogP contribution in [0, 0.1) is 6.07 Å². The normalized spacial score (nSPS) is 11.4. The Labute approximate surface area is 166 Å². The molecule has 0 spiro atoms. The maximum Gasteiger partial charge on any atom is 0.261 e. The summed E-state index contributed by atoms with van der Waals surface area (Å²) in [6.45, 7) is 0.638. The molecule has 3 rings (SSSR count). The summed E-state index contributed by atoms with van der Waals surface area (Å²) in [5.41, 5.74) is 1.47. The highest BCUT2D eigenvalue weighted by molar-refractivity contribution is 7.92. The van der Waals surface area contributed by atoms with Crippen LogP contribution in [0.1, 0.15) is 18.4 Å². The van der Waals surface area contributed by atoms with Crippen LogP contribution in [0.2, 0.25) is 0 Å². The lowest BCUT2D eigenvalue weighted by atomic mass is 10.1. The van der Waals surface area contributed by atoms with Gasteiger partial charge in [0, 0.05) is 5.69 Å². The SMILES string of the molecule is O=S(=O)(Nc1cccc(/C=C/CCCOc2c[c]ccc2)c1)c1ccccc1. The van der Waals surface area contributed by atoms with Crippen molar-refractivity contribution in [3.8, 4) is 5.75 Å². The highest BCUT2D eigenvalue weighted by atomic mass is 32.2. The first-order valence-electron chi connectivity index (χ1n) is 9.07. The highest BCUT2D eigenvalue weighted by Crippen LogP contribution is 2.18. The number of ether oxygens (including phenoxy) is 1. The van der Waals surface area contributed by atoms with Crippen molar-refractivity contribution in [2.24, 2.45) is 0 Å². The summed E-state index contributed by atoms with van der Waals surface area (Å²) < 4.78 is 33.1. The summed E-state index contributed by atoms with van der Waals surface area (Å²) in [6.07, 6.45) is 5.81. The zero-order chi connectivity index (χ0) is 19.7. The molecule has 0 bridgehead atoms. The fourth-order valence-electron chi connectivity index (χ4n) is 2.60. The van der Waals surface area contributed by atoms with Crippen LogP contribution in [-0.2, 0) is 10.0 Å². The van der Waals surface area contributed by atoms with Crippen LogP contribution < -0.4 is 9.46 Å². The van der Waals surface area contributed by atoms with Crippen molar-refractivity contribution in [2.45, 2.75) is 17.7 Å². The zero-order valence-electron chi connectivity index (χ0n) is 15.4. The topological polar surface area (TPSA) is 55.4 Å². The molecule has 0 unspecified atom stereocenters. The molecule has 0 heterocycles. The minimum Gasteiger partial charge on any atom is -0.494 e. The predicted molar refractivity (Wildman–Crippen MR) is 113 cm³/mol. The van der Waals surface area contributed by atoms with Crippen LogP contribution in [0.3, 0.4) is 0 Å². The second-order valence-electron chi connectivity index (χ2n) is 6.18. The smallest absolute Gasteiger partial charge is 0.261 e. The van der Waals surface area contributed by atoms with Gasteiger partial charge in [-0.3, -0.25) is 4.72 Å². The summed E-state index contributed by atoms with van der Waals surface area (Å²) >= 11 is 0. The van der Waals surface area contributed by atoms with Gasteiger partial charge in [-0.15, -0.1) is 0 Å². The third-order valence-electron chi connectivity index (χ3n) is 3.97. The minimum absolute atomic E-state index is 0.243. The van der Waals surface area contributed by atoms with E-state index in [1.54, 1.807) is 36.4 Å². The Hall–Kier alpha value is -3.05. The number of benzene rings is 3. The van der Waals surface area contributed by atoms with E-state index in [4.69, 9.17) is 4.74 Å². The monoisotopic (exact) mass is 392 g/mol. The van der Waals surface area contributed by atoms with Gasteiger partial charge in [-0.1, -0.05) is 54.6 Å². The number of anilines is 1. The lowest BCUT2D eigenvalue weighted by molar-refractivity contribution is 0.312. The van der Waals surface area contributed by atoms with Crippen LogP contribution in [-0.4, -0.2) is 15.0 Å². The van der Waals surface area contributed by atoms with E-state index in [2.05, 4.69) is 16.9 Å². The molecule has 3 aromatic rings. The number of rotatable bonds is 9. The Morgan fingerprint density at radius 1 is 1.00 bits per heavy atom. The summed E-state index contributed by atoms with van der Waals surface area (Å²) in [4.78, 5) is 0.243. The number of hydrogen-bond acceptors (Lipinski definition) is 3. The van der Waals surface area contributed by atoms with Crippen molar-refractivity contribution in [3.63, 3.8) is 0 Å². The molecule has 1 N–H and O–H groups in total. The van der Waals surface area contributed by atoms with Gasteiger partial charge in [0.1, 0.15) is 5.75 Å². The van der Waals surface area contributed by atoms with E-state index in [1.165, 1.54) is 0 Å². The predicted octanol–water partition coefficient (Wildman–Crippen LogP) is 5.16. The standard InChI is InChI=1S/C23H22NO3S/c25-28(26,23-16-7-2-8-17-23)24-21-13-10-12-20(19-21)11-4-3-9-18-27-22-14-5-1-6-15-22/h1-2,4-5,7-8,10-17,19,24H,3,9,18H2/b11-4+. The fraction of sp³-hybridized carbons (Fsp3) is 0.130. The fourth-order valence-corrected chi connectivity index (χ4v) is 3.67. The molecule has 28 heavy (non-hydrogen) atoms. The van der Waals surface area contributed by atoms with Gasteiger partial charge < -0.3 is 4.74 Å². The molecule has 0 aliphatic carbocycles. The quantitative estimate of drug-likeness (QED) is 0.512.